The maximum Gasteiger partial charge on any atom is 0.343 e. The normalized spacial score (nSPS) is 11.0. The fourth-order valence-corrected chi connectivity index (χ4v) is 2.52. The molecule has 3 aromatic rings. The van der Waals surface area contributed by atoms with Gasteiger partial charge in [-0.3, -0.25) is 9.48 Å². The summed E-state index contributed by atoms with van der Waals surface area (Å²) in [6.07, 6.45) is 2.14. The quantitative estimate of drug-likeness (QED) is 0.796. The topological polar surface area (TPSA) is 76.6 Å². The molecule has 112 valence electrons. The van der Waals surface area contributed by atoms with E-state index in [1.165, 1.54) is 4.52 Å². The zero-order valence-electron chi connectivity index (χ0n) is 12.1. The van der Waals surface area contributed by atoms with E-state index in [4.69, 9.17) is 0 Å². The van der Waals surface area contributed by atoms with Crippen LogP contribution in [-0.2, 0) is 13.0 Å². The second-order valence-corrected chi connectivity index (χ2v) is 4.97. The van der Waals surface area contributed by atoms with E-state index in [1.807, 2.05) is 30.3 Å². The molecule has 1 aromatic carbocycles. The van der Waals surface area contributed by atoms with Gasteiger partial charge in [-0.05, 0) is 12.0 Å². The molecule has 0 saturated heterocycles. The van der Waals surface area contributed by atoms with Gasteiger partial charge < -0.3 is 5.11 Å². The SMILES string of the molecule is CCc1nc2ccn(Cc3ccccc3)n2c(=O)c1C(=O)O. The van der Waals surface area contributed by atoms with Crippen LogP contribution in [0.2, 0.25) is 0 Å². The Morgan fingerprint density at radius 3 is 2.59 bits per heavy atom. The van der Waals surface area contributed by atoms with Crippen molar-refractivity contribution in [1.82, 2.24) is 14.2 Å². The molecule has 6 heteroatoms. The highest BCUT2D eigenvalue weighted by Crippen LogP contribution is 2.09. The molecule has 1 N–H and O–H groups in total. The van der Waals surface area contributed by atoms with Crippen molar-refractivity contribution in [1.29, 1.82) is 0 Å². The monoisotopic (exact) mass is 297 g/mol. The van der Waals surface area contributed by atoms with Crippen molar-refractivity contribution in [2.75, 3.05) is 0 Å². The Kier molecular flexibility index (Phi) is 3.50. The first-order valence-electron chi connectivity index (χ1n) is 7.00. The molecule has 0 aliphatic rings. The Morgan fingerprint density at radius 2 is 1.95 bits per heavy atom. The molecule has 0 spiro atoms. The molecule has 0 aliphatic heterocycles. The van der Waals surface area contributed by atoms with Crippen LogP contribution in [0, 0.1) is 0 Å². The van der Waals surface area contributed by atoms with Crippen LogP contribution in [0.4, 0.5) is 0 Å². The van der Waals surface area contributed by atoms with Gasteiger partial charge in [0, 0.05) is 12.3 Å². The van der Waals surface area contributed by atoms with Crippen molar-refractivity contribution < 1.29 is 9.90 Å². The van der Waals surface area contributed by atoms with Gasteiger partial charge in [-0.1, -0.05) is 37.3 Å². The van der Waals surface area contributed by atoms with Crippen molar-refractivity contribution in [2.45, 2.75) is 19.9 Å². The second-order valence-electron chi connectivity index (χ2n) is 4.97. The highest BCUT2D eigenvalue weighted by Gasteiger charge is 2.19. The summed E-state index contributed by atoms with van der Waals surface area (Å²) in [5.41, 5.74) is 0.990. The van der Waals surface area contributed by atoms with Crippen LogP contribution in [0.25, 0.3) is 5.65 Å². The number of carboxylic acids is 1. The summed E-state index contributed by atoms with van der Waals surface area (Å²) in [5.74, 6) is -1.24. The van der Waals surface area contributed by atoms with Crippen LogP contribution in [-0.4, -0.2) is 25.3 Å². The summed E-state index contributed by atoms with van der Waals surface area (Å²) >= 11 is 0. The average molecular weight is 297 g/mol. The summed E-state index contributed by atoms with van der Waals surface area (Å²) in [6, 6.07) is 11.4. The summed E-state index contributed by atoms with van der Waals surface area (Å²) in [5, 5.41) is 9.29. The van der Waals surface area contributed by atoms with E-state index in [0.717, 1.165) is 5.56 Å². The Morgan fingerprint density at radius 1 is 1.23 bits per heavy atom. The fourth-order valence-electron chi connectivity index (χ4n) is 2.52. The minimum atomic E-state index is -1.24. The molecule has 0 aliphatic carbocycles. The van der Waals surface area contributed by atoms with Gasteiger partial charge in [0.2, 0.25) is 0 Å². The van der Waals surface area contributed by atoms with E-state index in [-0.39, 0.29) is 5.56 Å². The predicted octanol–water partition coefficient (Wildman–Crippen LogP) is 1.80. The van der Waals surface area contributed by atoms with Gasteiger partial charge in [0.15, 0.2) is 5.65 Å². The maximum absolute atomic E-state index is 12.5. The number of rotatable bonds is 4. The first kappa shape index (κ1) is 14.1. The molecule has 0 saturated carbocycles. The third-order valence-electron chi connectivity index (χ3n) is 3.55. The number of hydrogen-bond acceptors (Lipinski definition) is 3. The minimum absolute atomic E-state index is 0.256. The smallest absolute Gasteiger partial charge is 0.343 e. The zero-order chi connectivity index (χ0) is 15.7. The summed E-state index contributed by atoms with van der Waals surface area (Å²) < 4.78 is 2.99. The molecule has 22 heavy (non-hydrogen) atoms. The number of aromatic nitrogens is 3. The Hall–Kier alpha value is -2.89. The van der Waals surface area contributed by atoms with E-state index in [1.54, 1.807) is 23.9 Å². The predicted molar refractivity (Wildman–Crippen MR) is 81.3 cm³/mol. The standard InChI is InChI=1S/C16H15N3O3/c1-2-12-14(16(21)22)15(20)19-13(17-12)8-9-18(19)10-11-6-4-3-5-7-11/h3-9H,2,10H2,1H3,(H,21,22). The number of carboxylic acid groups (broad SMARTS) is 1. The molecule has 0 bridgehead atoms. The summed E-state index contributed by atoms with van der Waals surface area (Å²) in [4.78, 5) is 28.2. The van der Waals surface area contributed by atoms with Gasteiger partial charge in [-0.15, -0.1) is 0 Å². The van der Waals surface area contributed by atoms with E-state index >= 15 is 0 Å². The molecular formula is C16H15N3O3. The van der Waals surface area contributed by atoms with Crippen LogP contribution in [0.1, 0.15) is 28.5 Å². The lowest BCUT2D eigenvalue weighted by Crippen LogP contribution is -2.29. The van der Waals surface area contributed by atoms with E-state index < -0.39 is 11.5 Å². The molecule has 2 aromatic heterocycles. The largest absolute Gasteiger partial charge is 0.477 e. The number of aromatic carboxylic acids is 1. The highest BCUT2D eigenvalue weighted by molar-refractivity contribution is 5.88. The first-order valence-corrected chi connectivity index (χ1v) is 7.00. The van der Waals surface area contributed by atoms with Gasteiger partial charge in [-0.25, -0.2) is 9.78 Å². The van der Waals surface area contributed by atoms with E-state index in [9.17, 15) is 14.7 Å². The Bertz CT molecular complexity index is 894. The summed E-state index contributed by atoms with van der Waals surface area (Å²) in [7, 11) is 0. The van der Waals surface area contributed by atoms with E-state index in [0.29, 0.717) is 24.3 Å². The number of benzene rings is 1. The van der Waals surface area contributed by atoms with Crippen LogP contribution >= 0.6 is 0 Å². The van der Waals surface area contributed by atoms with Crippen LogP contribution < -0.4 is 5.56 Å². The second kappa shape index (κ2) is 5.48. The number of fused-ring (bicyclic) bond motifs is 1. The number of nitrogens with zero attached hydrogens (tertiary/aromatic N) is 3. The number of hydrogen-bond donors (Lipinski definition) is 1. The molecule has 0 radical (unpaired) electrons. The van der Waals surface area contributed by atoms with Crippen molar-refractivity contribution in [2.24, 2.45) is 0 Å². The number of carbonyl (C=O) groups is 1. The zero-order valence-corrected chi connectivity index (χ0v) is 12.1. The van der Waals surface area contributed by atoms with Crippen LogP contribution in [0.3, 0.4) is 0 Å². The van der Waals surface area contributed by atoms with Crippen molar-refractivity contribution in [3.63, 3.8) is 0 Å². The number of aryl methyl sites for hydroxylation is 1. The van der Waals surface area contributed by atoms with Crippen LogP contribution in [0.5, 0.6) is 0 Å². The van der Waals surface area contributed by atoms with Crippen molar-refractivity contribution in [3.05, 3.63) is 69.8 Å². The first-order chi connectivity index (χ1) is 10.6. The fraction of sp³-hybridized carbons (Fsp3) is 0.188. The lowest BCUT2D eigenvalue weighted by atomic mass is 10.2. The third-order valence-corrected chi connectivity index (χ3v) is 3.55. The molecule has 3 rings (SSSR count). The Balaban J connectivity index is 2.20. The molecule has 0 fully saturated rings. The Labute approximate surface area is 126 Å². The maximum atomic E-state index is 12.5. The third kappa shape index (κ3) is 2.28. The van der Waals surface area contributed by atoms with Gasteiger partial charge in [-0.2, -0.15) is 4.52 Å². The van der Waals surface area contributed by atoms with Crippen molar-refractivity contribution in [3.8, 4) is 0 Å². The van der Waals surface area contributed by atoms with Gasteiger partial charge in [0.05, 0.1) is 12.2 Å². The molecule has 2 heterocycles. The molecule has 0 amide bonds. The van der Waals surface area contributed by atoms with Crippen LogP contribution in [0.15, 0.2) is 47.4 Å². The molecule has 0 unspecified atom stereocenters. The lowest BCUT2D eigenvalue weighted by molar-refractivity contribution is 0.0692. The average Bonchev–Trinajstić information content (AvgIpc) is 2.90. The minimum Gasteiger partial charge on any atom is -0.477 e. The molecular weight excluding hydrogens is 282 g/mol. The molecule has 0 atom stereocenters. The van der Waals surface area contributed by atoms with Gasteiger partial charge in [0.25, 0.3) is 5.56 Å². The van der Waals surface area contributed by atoms with E-state index in [2.05, 4.69) is 4.98 Å². The van der Waals surface area contributed by atoms with Gasteiger partial charge >= 0.3 is 5.97 Å². The van der Waals surface area contributed by atoms with Crippen molar-refractivity contribution >= 4 is 11.6 Å². The summed E-state index contributed by atoms with van der Waals surface area (Å²) in [6.45, 7) is 2.25. The van der Waals surface area contributed by atoms with Gasteiger partial charge in [0.1, 0.15) is 5.56 Å². The lowest BCUT2D eigenvalue weighted by Gasteiger charge is -2.09. The molecule has 6 nitrogen and oxygen atoms in total. The highest BCUT2D eigenvalue weighted by atomic mass is 16.4.